The molecule has 17 heavy (non-hydrogen) atoms. The number of hydrogen-bond donors (Lipinski definition) is 0. The Morgan fingerprint density at radius 1 is 0.706 bits per heavy atom. The van der Waals surface area contributed by atoms with Gasteiger partial charge in [0, 0.05) is 0 Å². The smallest absolute Gasteiger partial charge is 0.142 e. The molecule has 2 nitrogen and oxygen atoms in total. The lowest BCUT2D eigenvalue weighted by molar-refractivity contribution is -0.104. The molecule has 0 amide bonds. The van der Waals surface area contributed by atoms with Gasteiger partial charge in [0.15, 0.2) is 0 Å². The number of allylic oxidation sites excluding steroid dienone is 4. The number of hydrogen-bond acceptors (Lipinski definition) is 2. The summed E-state index contributed by atoms with van der Waals surface area (Å²) >= 11 is 0. The molecule has 0 aromatic rings. The Labute approximate surface area is 106 Å². The maximum atomic E-state index is 9.81. The molecule has 0 saturated heterocycles. The highest BCUT2D eigenvalue weighted by atomic mass is 16.1. The lowest BCUT2D eigenvalue weighted by Gasteiger charge is -1.92. The summed E-state index contributed by atoms with van der Waals surface area (Å²) in [6.45, 7) is 4.27. The van der Waals surface area contributed by atoms with E-state index in [0.29, 0.717) is 0 Å². The molecule has 0 fully saturated rings. The van der Waals surface area contributed by atoms with Crippen LogP contribution in [0, 0.1) is 0 Å². The quantitative estimate of drug-likeness (QED) is 0.342. The van der Waals surface area contributed by atoms with Crippen molar-refractivity contribution in [3.05, 3.63) is 24.3 Å². The summed E-state index contributed by atoms with van der Waals surface area (Å²) in [4.78, 5) is 19.4. The molecular formula is C15H26O2. The third kappa shape index (κ3) is 25.3. The largest absolute Gasteiger partial charge is 0.299 e. The van der Waals surface area contributed by atoms with Crippen LogP contribution in [-0.2, 0) is 9.59 Å². The lowest BCUT2D eigenvalue weighted by Crippen LogP contribution is -1.73. The second-order valence-electron chi connectivity index (χ2n) is 3.77. The highest BCUT2D eigenvalue weighted by Crippen LogP contribution is 2.02. The molecular weight excluding hydrogens is 212 g/mol. The molecule has 0 bridgehead atoms. The number of aldehydes is 2. The number of unbranched alkanes of at least 4 members (excludes halogenated alkanes) is 5. The van der Waals surface area contributed by atoms with Crippen molar-refractivity contribution in [2.24, 2.45) is 0 Å². The Bertz CT molecular complexity index is 205. The topological polar surface area (TPSA) is 34.1 Å². The van der Waals surface area contributed by atoms with Crippen molar-refractivity contribution in [3.63, 3.8) is 0 Å². The van der Waals surface area contributed by atoms with Crippen molar-refractivity contribution in [3.8, 4) is 0 Å². The SMILES string of the molecule is CCC/C=C/C=O.CCCCCC/C=C/C=O. The molecule has 0 aromatic carbocycles. The van der Waals surface area contributed by atoms with Crippen LogP contribution < -0.4 is 0 Å². The molecule has 0 spiro atoms. The molecule has 0 aliphatic carbocycles. The summed E-state index contributed by atoms with van der Waals surface area (Å²) in [6, 6.07) is 0. The van der Waals surface area contributed by atoms with E-state index in [1.54, 1.807) is 6.08 Å². The van der Waals surface area contributed by atoms with Crippen molar-refractivity contribution in [2.75, 3.05) is 0 Å². The summed E-state index contributed by atoms with van der Waals surface area (Å²) in [6.07, 6.45) is 16.8. The highest BCUT2D eigenvalue weighted by Gasteiger charge is 1.82. The predicted molar refractivity (Wildman–Crippen MR) is 74.1 cm³/mol. The van der Waals surface area contributed by atoms with Gasteiger partial charge in [0.25, 0.3) is 0 Å². The minimum Gasteiger partial charge on any atom is -0.299 e. The minimum absolute atomic E-state index is 0.801. The molecule has 98 valence electrons. The molecule has 0 saturated carbocycles. The summed E-state index contributed by atoms with van der Waals surface area (Å²) in [7, 11) is 0. The number of carbonyl (C=O) groups is 2. The van der Waals surface area contributed by atoms with Crippen LogP contribution >= 0.6 is 0 Å². The van der Waals surface area contributed by atoms with Crippen molar-refractivity contribution in [1.29, 1.82) is 0 Å². The first-order chi connectivity index (χ1) is 8.33. The van der Waals surface area contributed by atoms with Crippen molar-refractivity contribution in [2.45, 2.75) is 58.8 Å². The fourth-order valence-electron chi connectivity index (χ4n) is 1.16. The Morgan fingerprint density at radius 3 is 1.76 bits per heavy atom. The third-order valence-corrected chi connectivity index (χ3v) is 2.11. The molecule has 0 radical (unpaired) electrons. The van der Waals surface area contributed by atoms with E-state index in [2.05, 4.69) is 13.8 Å². The second kappa shape index (κ2) is 20.3. The summed E-state index contributed by atoms with van der Waals surface area (Å²) < 4.78 is 0. The summed E-state index contributed by atoms with van der Waals surface area (Å²) in [5.41, 5.74) is 0. The van der Waals surface area contributed by atoms with Crippen LogP contribution in [0.5, 0.6) is 0 Å². The molecule has 0 aromatic heterocycles. The summed E-state index contributed by atoms with van der Waals surface area (Å²) in [5.74, 6) is 0. The van der Waals surface area contributed by atoms with Gasteiger partial charge < -0.3 is 0 Å². The standard InChI is InChI=1S/C9H16O.C6H10O/c1-2-3-4-5-6-7-8-9-10;1-2-3-4-5-6-7/h7-9H,2-6H2,1H3;4-6H,2-3H2,1H3/b8-7+;5-4+. The van der Waals surface area contributed by atoms with Gasteiger partial charge in [-0.15, -0.1) is 0 Å². The van der Waals surface area contributed by atoms with Crippen LogP contribution in [0.15, 0.2) is 24.3 Å². The maximum Gasteiger partial charge on any atom is 0.142 e. The molecule has 0 N–H and O–H groups in total. The number of carbonyl (C=O) groups excluding carboxylic acids is 2. The van der Waals surface area contributed by atoms with E-state index in [1.165, 1.54) is 31.8 Å². The first-order valence-electron chi connectivity index (χ1n) is 6.54. The zero-order valence-corrected chi connectivity index (χ0v) is 11.2. The first-order valence-corrected chi connectivity index (χ1v) is 6.54. The van der Waals surface area contributed by atoms with Crippen LogP contribution in [0.3, 0.4) is 0 Å². The van der Waals surface area contributed by atoms with Crippen LogP contribution in [0.4, 0.5) is 0 Å². The lowest BCUT2D eigenvalue weighted by atomic mass is 10.1. The molecule has 0 aliphatic heterocycles. The van der Waals surface area contributed by atoms with Gasteiger partial charge in [-0.25, -0.2) is 0 Å². The van der Waals surface area contributed by atoms with E-state index in [0.717, 1.165) is 31.8 Å². The van der Waals surface area contributed by atoms with Crippen molar-refractivity contribution >= 4 is 12.6 Å². The molecule has 0 atom stereocenters. The van der Waals surface area contributed by atoms with E-state index in [-0.39, 0.29) is 0 Å². The van der Waals surface area contributed by atoms with Gasteiger partial charge in [0.05, 0.1) is 0 Å². The van der Waals surface area contributed by atoms with Gasteiger partial charge in [-0.3, -0.25) is 9.59 Å². The van der Waals surface area contributed by atoms with Crippen LogP contribution in [0.1, 0.15) is 58.8 Å². The third-order valence-electron chi connectivity index (χ3n) is 2.11. The van der Waals surface area contributed by atoms with Gasteiger partial charge in [0.2, 0.25) is 0 Å². The number of rotatable bonds is 9. The zero-order valence-electron chi connectivity index (χ0n) is 11.2. The van der Waals surface area contributed by atoms with Crippen molar-refractivity contribution in [1.82, 2.24) is 0 Å². The van der Waals surface area contributed by atoms with E-state index in [1.807, 2.05) is 12.2 Å². The van der Waals surface area contributed by atoms with E-state index in [4.69, 9.17) is 0 Å². The fraction of sp³-hybridized carbons (Fsp3) is 0.600. The highest BCUT2D eigenvalue weighted by molar-refractivity contribution is 5.64. The van der Waals surface area contributed by atoms with Gasteiger partial charge in [-0.05, 0) is 31.4 Å². The average Bonchev–Trinajstić information content (AvgIpc) is 2.35. The molecule has 0 heterocycles. The fourth-order valence-corrected chi connectivity index (χ4v) is 1.16. The Kier molecular flexibility index (Phi) is 21.7. The Balaban J connectivity index is 0. The molecule has 0 unspecified atom stereocenters. The van der Waals surface area contributed by atoms with Crippen LogP contribution in [0.25, 0.3) is 0 Å². The molecule has 2 heteroatoms. The van der Waals surface area contributed by atoms with Crippen LogP contribution in [-0.4, -0.2) is 12.6 Å². The predicted octanol–water partition coefficient (Wildman–Crippen LogP) is 4.25. The Hall–Kier alpha value is -1.18. The van der Waals surface area contributed by atoms with Crippen LogP contribution in [0.2, 0.25) is 0 Å². The van der Waals surface area contributed by atoms with Gasteiger partial charge in [-0.1, -0.05) is 51.7 Å². The normalized spacial score (nSPS) is 10.2. The first kappa shape index (κ1) is 18.2. The van der Waals surface area contributed by atoms with E-state index in [9.17, 15) is 9.59 Å². The molecule has 0 aliphatic rings. The van der Waals surface area contributed by atoms with Gasteiger partial charge in [-0.2, -0.15) is 0 Å². The minimum atomic E-state index is 0.801. The monoisotopic (exact) mass is 238 g/mol. The Morgan fingerprint density at radius 2 is 1.29 bits per heavy atom. The van der Waals surface area contributed by atoms with Gasteiger partial charge in [0.1, 0.15) is 12.6 Å². The second-order valence-corrected chi connectivity index (χ2v) is 3.77. The summed E-state index contributed by atoms with van der Waals surface area (Å²) in [5, 5.41) is 0. The van der Waals surface area contributed by atoms with E-state index < -0.39 is 0 Å². The zero-order chi connectivity index (χ0) is 13.2. The van der Waals surface area contributed by atoms with Crippen molar-refractivity contribution < 1.29 is 9.59 Å². The van der Waals surface area contributed by atoms with E-state index >= 15 is 0 Å². The maximum absolute atomic E-state index is 9.81. The molecule has 0 rings (SSSR count). The average molecular weight is 238 g/mol. The van der Waals surface area contributed by atoms with Gasteiger partial charge >= 0.3 is 0 Å².